The second kappa shape index (κ2) is 3.96. The number of hydrogen-bond donors (Lipinski definition) is 2. The molecule has 15 heavy (non-hydrogen) atoms. The summed E-state index contributed by atoms with van der Waals surface area (Å²) in [6.45, 7) is 1.64. The van der Waals surface area contributed by atoms with Gasteiger partial charge < -0.3 is 11.1 Å². The Hall–Kier alpha value is -1.46. The Balaban J connectivity index is 2.26. The molecule has 2 rings (SSSR count). The third-order valence-electron chi connectivity index (χ3n) is 1.94. The zero-order valence-electron chi connectivity index (χ0n) is 8.23. The van der Waals surface area contributed by atoms with Crippen LogP contribution in [0.25, 0.3) is 10.2 Å². The van der Waals surface area contributed by atoms with E-state index in [1.54, 1.807) is 6.92 Å². The predicted octanol–water partition coefficient (Wildman–Crippen LogP) is 1.58. The molecule has 0 saturated heterocycles. The molecule has 0 bridgehead atoms. The van der Waals surface area contributed by atoms with Crippen molar-refractivity contribution in [2.75, 3.05) is 5.32 Å². The first-order valence-electron chi connectivity index (χ1n) is 4.59. The Kier molecular flexibility index (Phi) is 2.66. The number of carbonyl (C=O) groups excluding carboxylic acids is 1. The lowest BCUT2D eigenvalue weighted by Crippen LogP contribution is -2.32. The summed E-state index contributed by atoms with van der Waals surface area (Å²) in [6.07, 6.45) is 0. The molecule has 5 heteroatoms. The molecule has 1 atom stereocenters. The second-order valence-electron chi connectivity index (χ2n) is 3.26. The van der Waals surface area contributed by atoms with Gasteiger partial charge in [0.2, 0.25) is 5.91 Å². The molecule has 1 aromatic carbocycles. The highest BCUT2D eigenvalue weighted by molar-refractivity contribution is 7.22. The maximum atomic E-state index is 11.3. The number of thiazole rings is 1. The fraction of sp³-hybridized carbons (Fsp3) is 0.200. The summed E-state index contributed by atoms with van der Waals surface area (Å²) in [4.78, 5) is 15.6. The van der Waals surface area contributed by atoms with Gasteiger partial charge in [-0.15, -0.1) is 0 Å². The molecule has 1 unspecified atom stereocenters. The Labute approximate surface area is 91.1 Å². The monoisotopic (exact) mass is 221 g/mol. The Morgan fingerprint density at radius 2 is 2.27 bits per heavy atom. The summed E-state index contributed by atoms with van der Waals surface area (Å²) in [5, 5.41) is 3.27. The molecule has 0 aliphatic rings. The molecule has 3 N–H and O–H groups in total. The van der Waals surface area contributed by atoms with Gasteiger partial charge in [0.05, 0.1) is 16.3 Å². The molecule has 0 fully saturated rings. The molecule has 0 saturated carbocycles. The molecular formula is C10H11N3OS. The van der Waals surface area contributed by atoms with E-state index in [0.717, 1.165) is 10.2 Å². The van der Waals surface area contributed by atoms with Gasteiger partial charge in [0.1, 0.15) is 0 Å². The highest BCUT2D eigenvalue weighted by Gasteiger charge is 2.10. The van der Waals surface area contributed by atoms with Crippen molar-refractivity contribution >= 4 is 32.6 Å². The summed E-state index contributed by atoms with van der Waals surface area (Å²) >= 11 is 1.44. The van der Waals surface area contributed by atoms with Gasteiger partial charge in [-0.05, 0) is 19.1 Å². The molecule has 4 nitrogen and oxygen atoms in total. The summed E-state index contributed by atoms with van der Waals surface area (Å²) in [5.41, 5.74) is 6.33. The number of fused-ring (bicyclic) bond motifs is 1. The number of rotatable bonds is 2. The van der Waals surface area contributed by atoms with Crippen LogP contribution >= 0.6 is 11.3 Å². The minimum atomic E-state index is -0.517. The van der Waals surface area contributed by atoms with E-state index in [0.29, 0.717) is 5.13 Å². The zero-order valence-corrected chi connectivity index (χ0v) is 9.04. The van der Waals surface area contributed by atoms with Crippen LogP contribution in [0.15, 0.2) is 24.3 Å². The van der Waals surface area contributed by atoms with Gasteiger partial charge in [-0.2, -0.15) is 0 Å². The van der Waals surface area contributed by atoms with Gasteiger partial charge in [0.15, 0.2) is 5.13 Å². The molecule has 0 aliphatic carbocycles. The quantitative estimate of drug-likeness (QED) is 0.809. The maximum absolute atomic E-state index is 11.3. The summed E-state index contributed by atoms with van der Waals surface area (Å²) in [5.74, 6) is -0.214. The number of anilines is 1. The molecule has 1 amide bonds. The Morgan fingerprint density at radius 1 is 1.53 bits per heavy atom. The molecule has 2 aromatic rings. The predicted molar refractivity (Wildman–Crippen MR) is 61.9 cm³/mol. The molecule has 1 aromatic heterocycles. The van der Waals surface area contributed by atoms with Crippen LogP contribution in [0.2, 0.25) is 0 Å². The first-order valence-corrected chi connectivity index (χ1v) is 5.40. The van der Waals surface area contributed by atoms with E-state index in [4.69, 9.17) is 5.73 Å². The van der Waals surface area contributed by atoms with Gasteiger partial charge in [-0.25, -0.2) is 4.98 Å². The standard InChI is InChI=1S/C10H11N3OS/c1-6(11)9(14)13-10-12-7-4-2-3-5-8(7)15-10/h2-6H,11H2,1H3,(H,12,13,14). The van der Waals surface area contributed by atoms with Crippen LogP contribution in [-0.2, 0) is 4.79 Å². The minimum absolute atomic E-state index is 0.214. The first-order chi connectivity index (χ1) is 7.16. The van der Waals surface area contributed by atoms with Gasteiger partial charge in [0, 0.05) is 0 Å². The first kappa shape index (κ1) is 10.1. The van der Waals surface area contributed by atoms with Crippen LogP contribution in [0.5, 0.6) is 0 Å². The Morgan fingerprint density at radius 3 is 2.93 bits per heavy atom. The van der Waals surface area contributed by atoms with Crippen LogP contribution in [0, 0.1) is 0 Å². The van der Waals surface area contributed by atoms with E-state index in [9.17, 15) is 4.79 Å². The number of aromatic nitrogens is 1. The third kappa shape index (κ3) is 2.14. The Bertz CT molecular complexity index is 459. The maximum Gasteiger partial charge on any atom is 0.242 e. The van der Waals surface area contributed by atoms with E-state index in [1.165, 1.54) is 11.3 Å². The second-order valence-corrected chi connectivity index (χ2v) is 4.30. The average molecular weight is 221 g/mol. The molecule has 0 spiro atoms. The van der Waals surface area contributed by atoms with Crippen molar-refractivity contribution in [2.45, 2.75) is 13.0 Å². The summed E-state index contributed by atoms with van der Waals surface area (Å²) in [7, 11) is 0. The lowest BCUT2D eigenvalue weighted by atomic mass is 10.3. The van der Waals surface area contributed by atoms with Crippen LogP contribution in [-0.4, -0.2) is 16.9 Å². The van der Waals surface area contributed by atoms with Crippen LogP contribution < -0.4 is 11.1 Å². The van der Waals surface area contributed by atoms with Crippen molar-refractivity contribution in [3.05, 3.63) is 24.3 Å². The topological polar surface area (TPSA) is 68.0 Å². The molecule has 0 radical (unpaired) electrons. The number of nitrogens with zero attached hydrogens (tertiary/aromatic N) is 1. The highest BCUT2D eigenvalue weighted by Crippen LogP contribution is 2.25. The van der Waals surface area contributed by atoms with Crippen molar-refractivity contribution in [2.24, 2.45) is 5.73 Å². The summed E-state index contributed by atoms with van der Waals surface area (Å²) in [6, 6.07) is 7.22. The van der Waals surface area contributed by atoms with Crippen molar-refractivity contribution < 1.29 is 4.79 Å². The number of hydrogen-bond acceptors (Lipinski definition) is 4. The van der Waals surface area contributed by atoms with Crippen molar-refractivity contribution in [1.82, 2.24) is 4.98 Å². The normalized spacial score (nSPS) is 12.7. The number of para-hydroxylation sites is 1. The van der Waals surface area contributed by atoms with Crippen LogP contribution in [0.4, 0.5) is 5.13 Å². The minimum Gasteiger partial charge on any atom is -0.320 e. The van der Waals surface area contributed by atoms with E-state index in [2.05, 4.69) is 10.3 Å². The van der Waals surface area contributed by atoms with Crippen molar-refractivity contribution in [3.63, 3.8) is 0 Å². The molecule has 78 valence electrons. The van der Waals surface area contributed by atoms with E-state index >= 15 is 0 Å². The van der Waals surface area contributed by atoms with E-state index < -0.39 is 6.04 Å². The number of nitrogens with two attached hydrogens (primary N) is 1. The molecular weight excluding hydrogens is 210 g/mol. The van der Waals surface area contributed by atoms with Crippen LogP contribution in [0.3, 0.4) is 0 Å². The number of carbonyl (C=O) groups is 1. The lowest BCUT2D eigenvalue weighted by Gasteiger charge is -2.02. The molecule has 1 heterocycles. The highest BCUT2D eigenvalue weighted by atomic mass is 32.1. The van der Waals surface area contributed by atoms with E-state index in [1.807, 2.05) is 24.3 Å². The van der Waals surface area contributed by atoms with Crippen molar-refractivity contribution in [3.8, 4) is 0 Å². The van der Waals surface area contributed by atoms with E-state index in [-0.39, 0.29) is 5.91 Å². The summed E-state index contributed by atoms with van der Waals surface area (Å²) < 4.78 is 1.05. The van der Waals surface area contributed by atoms with Crippen molar-refractivity contribution in [1.29, 1.82) is 0 Å². The van der Waals surface area contributed by atoms with Crippen LogP contribution in [0.1, 0.15) is 6.92 Å². The number of benzene rings is 1. The zero-order chi connectivity index (χ0) is 10.8. The lowest BCUT2D eigenvalue weighted by molar-refractivity contribution is -0.117. The SMILES string of the molecule is CC(N)C(=O)Nc1nc2ccccc2s1. The van der Waals surface area contributed by atoms with Gasteiger partial charge in [0.25, 0.3) is 0 Å². The number of amides is 1. The largest absolute Gasteiger partial charge is 0.320 e. The molecule has 0 aliphatic heterocycles. The van der Waals surface area contributed by atoms with Gasteiger partial charge in [-0.1, -0.05) is 23.5 Å². The van der Waals surface area contributed by atoms with Gasteiger partial charge in [-0.3, -0.25) is 4.79 Å². The fourth-order valence-corrected chi connectivity index (χ4v) is 2.01. The van der Waals surface area contributed by atoms with Gasteiger partial charge >= 0.3 is 0 Å². The third-order valence-corrected chi connectivity index (χ3v) is 2.89. The smallest absolute Gasteiger partial charge is 0.242 e. The average Bonchev–Trinajstić information content (AvgIpc) is 2.59. The fourth-order valence-electron chi connectivity index (χ4n) is 1.14. The number of nitrogens with one attached hydrogen (secondary N) is 1.